The van der Waals surface area contributed by atoms with Gasteiger partial charge in [-0.3, -0.25) is 14.5 Å². The van der Waals surface area contributed by atoms with E-state index in [1.54, 1.807) is 17.9 Å². The Balaban J connectivity index is 1.16. The standard InChI is InChI=1S/C23H31N5O5/c1-16-20(23(30)27-6-2-3-7-27)24-21(32-16)17-4-8-28(9-5-17)22(29)19-14-18(33-25-19)15-26-10-12-31-13-11-26/h14,17H,2-13,15H2,1H3. The quantitative estimate of drug-likeness (QED) is 0.672. The van der Waals surface area contributed by atoms with E-state index >= 15 is 0 Å². The van der Waals surface area contributed by atoms with Crippen molar-refractivity contribution < 1.29 is 23.3 Å². The van der Waals surface area contributed by atoms with Gasteiger partial charge in [0.1, 0.15) is 5.76 Å². The highest BCUT2D eigenvalue weighted by molar-refractivity contribution is 5.93. The lowest BCUT2D eigenvalue weighted by molar-refractivity contribution is 0.0305. The highest BCUT2D eigenvalue weighted by Crippen LogP contribution is 2.30. The van der Waals surface area contributed by atoms with Crippen LogP contribution in [0.1, 0.15) is 70.0 Å². The molecule has 0 atom stereocenters. The Kier molecular flexibility index (Phi) is 6.45. The molecule has 0 radical (unpaired) electrons. The maximum Gasteiger partial charge on any atom is 0.276 e. The number of carbonyl (C=O) groups excluding carboxylic acids is 2. The molecule has 0 spiro atoms. The van der Waals surface area contributed by atoms with Crippen molar-refractivity contribution in [2.45, 2.75) is 45.1 Å². The minimum atomic E-state index is -0.112. The van der Waals surface area contributed by atoms with Gasteiger partial charge in [-0.05, 0) is 32.6 Å². The number of oxazole rings is 1. The summed E-state index contributed by atoms with van der Waals surface area (Å²) in [6.45, 7) is 8.32. The Labute approximate surface area is 192 Å². The third kappa shape index (κ3) is 4.81. The molecule has 0 aliphatic carbocycles. The van der Waals surface area contributed by atoms with Gasteiger partial charge >= 0.3 is 0 Å². The highest BCUT2D eigenvalue weighted by atomic mass is 16.5. The van der Waals surface area contributed by atoms with Gasteiger partial charge in [-0.2, -0.15) is 0 Å². The number of piperidine rings is 1. The van der Waals surface area contributed by atoms with Crippen molar-refractivity contribution in [3.8, 4) is 0 Å². The molecular formula is C23H31N5O5. The number of rotatable bonds is 5. The average molecular weight is 458 g/mol. The van der Waals surface area contributed by atoms with E-state index < -0.39 is 0 Å². The first-order valence-corrected chi connectivity index (χ1v) is 11.9. The van der Waals surface area contributed by atoms with Crippen LogP contribution in [0.4, 0.5) is 0 Å². The molecule has 33 heavy (non-hydrogen) atoms. The summed E-state index contributed by atoms with van der Waals surface area (Å²) in [6.07, 6.45) is 3.56. The average Bonchev–Trinajstić information content (AvgIpc) is 3.61. The molecule has 3 saturated heterocycles. The predicted molar refractivity (Wildman–Crippen MR) is 117 cm³/mol. The van der Waals surface area contributed by atoms with Gasteiger partial charge in [-0.1, -0.05) is 5.16 Å². The highest BCUT2D eigenvalue weighted by Gasteiger charge is 2.31. The van der Waals surface area contributed by atoms with E-state index in [-0.39, 0.29) is 17.7 Å². The van der Waals surface area contributed by atoms with Crippen LogP contribution in [-0.2, 0) is 11.3 Å². The summed E-state index contributed by atoms with van der Waals surface area (Å²) in [6, 6.07) is 1.75. The van der Waals surface area contributed by atoms with Gasteiger partial charge < -0.3 is 23.5 Å². The van der Waals surface area contributed by atoms with Crippen molar-refractivity contribution in [3.63, 3.8) is 0 Å². The SMILES string of the molecule is Cc1oc(C2CCN(C(=O)c3cc(CN4CCOCC4)on3)CC2)nc1C(=O)N1CCCC1. The summed E-state index contributed by atoms with van der Waals surface area (Å²) in [5.74, 6) is 1.83. The summed E-state index contributed by atoms with van der Waals surface area (Å²) >= 11 is 0. The number of amides is 2. The van der Waals surface area contributed by atoms with Crippen LogP contribution in [-0.4, -0.2) is 89.1 Å². The number of carbonyl (C=O) groups is 2. The number of nitrogens with zero attached hydrogens (tertiary/aromatic N) is 5. The Morgan fingerprint density at radius 1 is 1.00 bits per heavy atom. The first-order valence-electron chi connectivity index (χ1n) is 11.9. The van der Waals surface area contributed by atoms with Crippen LogP contribution in [0.5, 0.6) is 0 Å². The van der Waals surface area contributed by atoms with E-state index in [0.29, 0.717) is 61.6 Å². The summed E-state index contributed by atoms with van der Waals surface area (Å²) < 4.78 is 16.7. The summed E-state index contributed by atoms with van der Waals surface area (Å²) in [5.41, 5.74) is 0.781. The molecule has 5 rings (SSSR count). The number of likely N-dealkylation sites (tertiary alicyclic amines) is 2. The van der Waals surface area contributed by atoms with E-state index in [9.17, 15) is 9.59 Å². The number of ether oxygens (including phenoxy) is 1. The van der Waals surface area contributed by atoms with Crippen molar-refractivity contribution in [1.29, 1.82) is 0 Å². The number of aryl methyl sites for hydroxylation is 1. The van der Waals surface area contributed by atoms with Crippen molar-refractivity contribution >= 4 is 11.8 Å². The largest absolute Gasteiger partial charge is 0.445 e. The fourth-order valence-electron chi connectivity index (χ4n) is 4.82. The molecule has 3 aliphatic rings. The zero-order valence-electron chi connectivity index (χ0n) is 19.1. The van der Waals surface area contributed by atoms with Gasteiger partial charge in [0.15, 0.2) is 23.0 Å². The molecule has 2 aromatic heterocycles. The van der Waals surface area contributed by atoms with E-state index in [1.807, 2.05) is 4.90 Å². The maximum atomic E-state index is 12.9. The van der Waals surface area contributed by atoms with Crippen LogP contribution in [0.2, 0.25) is 0 Å². The third-order valence-electron chi connectivity index (χ3n) is 6.80. The monoisotopic (exact) mass is 457 g/mol. The number of hydrogen-bond acceptors (Lipinski definition) is 8. The third-order valence-corrected chi connectivity index (χ3v) is 6.80. The summed E-state index contributed by atoms with van der Waals surface area (Å²) in [5, 5.41) is 4.01. The zero-order chi connectivity index (χ0) is 22.8. The summed E-state index contributed by atoms with van der Waals surface area (Å²) in [7, 11) is 0. The van der Waals surface area contributed by atoms with Crippen LogP contribution in [0.3, 0.4) is 0 Å². The first-order chi connectivity index (χ1) is 16.1. The molecule has 0 aromatic carbocycles. The van der Waals surface area contributed by atoms with Crippen LogP contribution >= 0.6 is 0 Å². The second kappa shape index (κ2) is 9.64. The van der Waals surface area contributed by atoms with Gasteiger partial charge in [0.25, 0.3) is 11.8 Å². The fourth-order valence-corrected chi connectivity index (χ4v) is 4.82. The summed E-state index contributed by atoms with van der Waals surface area (Å²) in [4.78, 5) is 36.1. The molecule has 3 aliphatic heterocycles. The first kappa shape index (κ1) is 22.1. The second-order valence-corrected chi connectivity index (χ2v) is 9.09. The van der Waals surface area contributed by atoms with E-state index in [0.717, 1.165) is 51.9 Å². The van der Waals surface area contributed by atoms with Crippen LogP contribution < -0.4 is 0 Å². The normalized spacial score (nSPS) is 20.5. The van der Waals surface area contributed by atoms with Crippen molar-refractivity contribution in [2.24, 2.45) is 0 Å². The van der Waals surface area contributed by atoms with Crippen molar-refractivity contribution in [1.82, 2.24) is 24.8 Å². The number of morpholine rings is 1. The second-order valence-electron chi connectivity index (χ2n) is 9.09. The Bertz CT molecular complexity index is 981. The van der Waals surface area contributed by atoms with E-state index in [2.05, 4.69) is 15.0 Å². The molecule has 5 heterocycles. The topological polar surface area (TPSA) is 105 Å². The molecule has 0 N–H and O–H groups in total. The lowest BCUT2D eigenvalue weighted by Gasteiger charge is -2.30. The van der Waals surface area contributed by atoms with Gasteiger partial charge in [0.2, 0.25) is 0 Å². The Morgan fingerprint density at radius 3 is 2.42 bits per heavy atom. The van der Waals surface area contributed by atoms with Crippen LogP contribution in [0, 0.1) is 6.92 Å². The lowest BCUT2D eigenvalue weighted by atomic mass is 9.96. The fraction of sp³-hybridized carbons (Fsp3) is 0.652. The molecule has 0 bridgehead atoms. The van der Waals surface area contributed by atoms with Crippen LogP contribution in [0.15, 0.2) is 15.0 Å². The lowest BCUT2D eigenvalue weighted by Crippen LogP contribution is -2.38. The molecule has 10 nitrogen and oxygen atoms in total. The molecule has 10 heteroatoms. The van der Waals surface area contributed by atoms with Gasteiger partial charge in [0.05, 0.1) is 19.8 Å². The van der Waals surface area contributed by atoms with Gasteiger partial charge in [-0.15, -0.1) is 0 Å². The Hall–Kier alpha value is -2.72. The molecule has 3 fully saturated rings. The smallest absolute Gasteiger partial charge is 0.276 e. The van der Waals surface area contributed by atoms with Crippen molar-refractivity contribution in [2.75, 3.05) is 52.5 Å². The minimum absolute atomic E-state index is 0.0356. The molecule has 2 amide bonds. The minimum Gasteiger partial charge on any atom is -0.445 e. The van der Waals surface area contributed by atoms with Gasteiger partial charge in [-0.25, -0.2) is 4.98 Å². The Morgan fingerprint density at radius 2 is 1.70 bits per heavy atom. The maximum absolute atomic E-state index is 12.9. The van der Waals surface area contributed by atoms with Crippen molar-refractivity contribution in [3.05, 3.63) is 34.9 Å². The van der Waals surface area contributed by atoms with E-state index in [4.69, 9.17) is 13.7 Å². The molecule has 0 unspecified atom stereocenters. The molecule has 178 valence electrons. The number of hydrogen-bond donors (Lipinski definition) is 0. The predicted octanol–water partition coefficient (Wildman–Crippen LogP) is 2.06. The molecule has 2 aromatic rings. The van der Waals surface area contributed by atoms with Gasteiger partial charge in [0, 0.05) is 51.3 Å². The molecular weight excluding hydrogens is 426 g/mol. The van der Waals surface area contributed by atoms with Crippen LogP contribution in [0.25, 0.3) is 0 Å². The van der Waals surface area contributed by atoms with E-state index in [1.165, 1.54) is 0 Å². The molecule has 0 saturated carbocycles. The zero-order valence-corrected chi connectivity index (χ0v) is 19.1. The number of aromatic nitrogens is 2.